The second kappa shape index (κ2) is 6.26. The lowest BCUT2D eigenvalue weighted by Crippen LogP contribution is -2.39. The predicted octanol–water partition coefficient (Wildman–Crippen LogP) is 3.07. The molecule has 0 saturated heterocycles. The highest BCUT2D eigenvalue weighted by molar-refractivity contribution is 6.09. The van der Waals surface area contributed by atoms with Gasteiger partial charge >= 0.3 is 0 Å². The van der Waals surface area contributed by atoms with Crippen LogP contribution in [0.5, 0.6) is 17.2 Å². The van der Waals surface area contributed by atoms with Gasteiger partial charge in [-0.3, -0.25) is 4.79 Å². The molecule has 0 bridgehead atoms. The van der Waals surface area contributed by atoms with Gasteiger partial charge in [-0.05, 0) is 49.8 Å². The smallest absolute Gasteiger partial charge is 0.189 e. The van der Waals surface area contributed by atoms with Crippen molar-refractivity contribution in [2.24, 2.45) is 0 Å². The van der Waals surface area contributed by atoms with Crippen LogP contribution in [-0.4, -0.2) is 32.8 Å². The molecule has 0 fully saturated rings. The second-order valence-electron chi connectivity index (χ2n) is 6.69. The van der Waals surface area contributed by atoms with E-state index in [2.05, 4.69) is 0 Å². The first-order valence-electron chi connectivity index (χ1n) is 8.01. The number of hydrogen-bond acceptors (Lipinski definition) is 5. The van der Waals surface area contributed by atoms with E-state index in [1.165, 1.54) is 18.2 Å². The molecule has 1 aliphatic heterocycles. The lowest BCUT2D eigenvalue weighted by molar-refractivity contribution is -0.0231. The average molecular weight is 340 g/mol. The third-order valence-corrected chi connectivity index (χ3v) is 4.26. The van der Waals surface area contributed by atoms with Crippen molar-refractivity contribution < 1.29 is 24.9 Å². The van der Waals surface area contributed by atoms with Gasteiger partial charge in [0.2, 0.25) is 0 Å². The molecule has 5 nitrogen and oxygen atoms in total. The van der Waals surface area contributed by atoms with Gasteiger partial charge in [-0.2, -0.15) is 0 Å². The first-order valence-corrected chi connectivity index (χ1v) is 8.01. The lowest BCUT2D eigenvalue weighted by Gasteiger charge is -2.24. The number of phenolic OH excluding ortho intramolecular Hbond substituents is 2. The summed E-state index contributed by atoms with van der Waals surface area (Å²) in [5.74, 6) is 0.278. The molecule has 2 aromatic rings. The first kappa shape index (κ1) is 17.0. The summed E-state index contributed by atoms with van der Waals surface area (Å²) in [7, 11) is 0. The Hall–Kier alpha value is -2.79. The molecule has 5 heteroatoms. The van der Waals surface area contributed by atoms with Crippen LogP contribution in [0.2, 0.25) is 0 Å². The third kappa shape index (κ3) is 3.51. The Kier molecular flexibility index (Phi) is 4.27. The normalized spacial score (nSPS) is 16.7. The number of carbonyl (C=O) groups is 1. The number of fused-ring (bicyclic) bond motifs is 1. The van der Waals surface area contributed by atoms with Gasteiger partial charge in [0.15, 0.2) is 5.78 Å². The number of hydrogen-bond donors (Lipinski definition) is 3. The maximum Gasteiger partial charge on any atom is 0.189 e. The summed E-state index contributed by atoms with van der Waals surface area (Å²) in [5, 5.41) is 29.5. The fraction of sp³-hybridized carbons (Fsp3) is 0.250. The van der Waals surface area contributed by atoms with Crippen molar-refractivity contribution in [3.8, 4) is 17.2 Å². The summed E-state index contributed by atoms with van der Waals surface area (Å²) in [6, 6.07) is 9.46. The fourth-order valence-electron chi connectivity index (χ4n) is 2.75. The molecule has 0 amide bonds. The van der Waals surface area contributed by atoms with Crippen molar-refractivity contribution in [3.05, 3.63) is 59.2 Å². The zero-order valence-corrected chi connectivity index (χ0v) is 14.1. The number of benzene rings is 2. The molecule has 1 aliphatic rings. The van der Waals surface area contributed by atoms with Crippen LogP contribution < -0.4 is 4.74 Å². The quantitative estimate of drug-likeness (QED) is 0.588. The maximum atomic E-state index is 12.6. The van der Waals surface area contributed by atoms with E-state index in [0.29, 0.717) is 23.3 Å². The topological polar surface area (TPSA) is 87.0 Å². The van der Waals surface area contributed by atoms with Crippen molar-refractivity contribution in [1.82, 2.24) is 0 Å². The molecule has 0 radical (unpaired) electrons. The first-order chi connectivity index (χ1) is 11.8. The summed E-state index contributed by atoms with van der Waals surface area (Å²) in [6.45, 7) is 3.26. The van der Waals surface area contributed by atoms with Crippen molar-refractivity contribution in [1.29, 1.82) is 0 Å². The number of allylic oxidation sites excluding steroid dienone is 1. The SMILES string of the molecule is CC(C)(O)C1Cc2c(O)ccc(C(=O)/C=C/c3ccc(O)cc3)c2O1. The summed E-state index contributed by atoms with van der Waals surface area (Å²) in [5.41, 5.74) is 0.565. The van der Waals surface area contributed by atoms with Crippen LogP contribution in [0, 0.1) is 0 Å². The van der Waals surface area contributed by atoms with Crippen LogP contribution in [0.3, 0.4) is 0 Å². The molecule has 0 aliphatic carbocycles. The number of carbonyl (C=O) groups excluding carboxylic acids is 1. The van der Waals surface area contributed by atoms with Crippen LogP contribution in [0.25, 0.3) is 6.08 Å². The zero-order chi connectivity index (χ0) is 18.2. The molecule has 3 N–H and O–H groups in total. The van der Waals surface area contributed by atoms with Crippen molar-refractivity contribution in [2.45, 2.75) is 32.0 Å². The number of ether oxygens (including phenoxy) is 1. The predicted molar refractivity (Wildman–Crippen MR) is 94.0 cm³/mol. The molecular weight excluding hydrogens is 320 g/mol. The zero-order valence-electron chi connectivity index (χ0n) is 14.1. The number of phenols is 2. The number of aliphatic hydroxyl groups is 1. The lowest BCUT2D eigenvalue weighted by atomic mass is 9.96. The van der Waals surface area contributed by atoms with Gasteiger partial charge in [0, 0.05) is 12.0 Å². The van der Waals surface area contributed by atoms with Crippen LogP contribution >= 0.6 is 0 Å². The summed E-state index contributed by atoms with van der Waals surface area (Å²) in [6.07, 6.45) is 2.87. The highest BCUT2D eigenvalue weighted by atomic mass is 16.5. The van der Waals surface area contributed by atoms with Gasteiger partial charge in [-0.1, -0.05) is 18.2 Å². The fourth-order valence-corrected chi connectivity index (χ4v) is 2.75. The molecule has 1 unspecified atom stereocenters. The molecule has 0 saturated carbocycles. The molecule has 1 heterocycles. The Morgan fingerprint density at radius 1 is 1.16 bits per heavy atom. The third-order valence-electron chi connectivity index (χ3n) is 4.26. The Morgan fingerprint density at radius 3 is 2.48 bits per heavy atom. The van der Waals surface area contributed by atoms with Gasteiger partial charge in [-0.15, -0.1) is 0 Å². The largest absolute Gasteiger partial charge is 0.508 e. The van der Waals surface area contributed by atoms with E-state index in [9.17, 15) is 20.1 Å². The molecule has 130 valence electrons. The molecular formula is C20H20O5. The van der Waals surface area contributed by atoms with Crippen molar-refractivity contribution >= 4 is 11.9 Å². The summed E-state index contributed by atoms with van der Waals surface area (Å²) >= 11 is 0. The molecule has 2 aromatic carbocycles. The van der Waals surface area contributed by atoms with E-state index in [0.717, 1.165) is 5.56 Å². The minimum atomic E-state index is -1.09. The Labute approximate surface area is 145 Å². The molecule has 25 heavy (non-hydrogen) atoms. The molecule has 0 aromatic heterocycles. The summed E-state index contributed by atoms with van der Waals surface area (Å²) in [4.78, 5) is 12.6. The monoisotopic (exact) mass is 340 g/mol. The second-order valence-corrected chi connectivity index (χ2v) is 6.69. The van der Waals surface area contributed by atoms with Gasteiger partial charge in [-0.25, -0.2) is 0 Å². The standard InChI is InChI=1S/C20H20O5/c1-20(2,24)18-11-15-17(23)10-8-14(19(15)25-18)16(22)9-5-12-3-6-13(21)7-4-12/h3-10,18,21,23-24H,11H2,1-2H3/b9-5+. The Bertz CT molecular complexity index is 828. The van der Waals surface area contributed by atoms with Gasteiger partial charge in [0.25, 0.3) is 0 Å². The highest BCUT2D eigenvalue weighted by Gasteiger charge is 2.38. The van der Waals surface area contributed by atoms with Crippen LogP contribution in [0.15, 0.2) is 42.5 Å². The molecule has 0 spiro atoms. The number of rotatable bonds is 4. The minimum Gasteiger partial charge on any atom is -0.508 e. The van der Waals surface area contributed by atoms with Crippen molar-refractivity contribution in [2.75, 3.05) is 0 Å². The molecule has 3 rings (SSSR count). The van der Waals surface area contributed by atoms with Crippen LogP contribution in [0.4, 0.5) is 0 Å². The van der Waals surface area contributed by atoms with E-state index < -0.39 is 11.7 Å². The van der Waals surface area contributed by atoms with Gasteiger partial charge in [0.1, 0.15) is 23.4 Å². The van der Waals surface area contributed by atoms with Gasteiger partial charge in [0.05, 0.1) is 11.2 Å². The maximum absolute atomic E-state index is 12.6. The van der Waals surface area contributed by atoms with Crippen LogP contribution in [-0.2, 0) is 6.42 Å². The van der Waals surface area contributed by atoms with E-state index in [-0.39, 0.29) is 17.3 Å². The highest BCUT2D eigenvalue weighted by Crippen LogP contribution is 2.41. The molecule has 1 atom stereocenters. The van der Waals surface area contributed by atoms with Crippen LogP contribution in [0.1, 0.15) is 35.3 Å². The van der Waals surface area contributed by atoms with Gasteiger partial charge < -0.3 is 20.1 Å². The summed E-state index contributed by atoms with van der Waals surface area (Å²) < 4.78 is 5.77. The Morgan fingerprint density at radius 2 is 1.84 bits per heavy atom. The van der Waals surface area contributed by atoms with E-state index in [1.54, 1.807) is 44.2 Å². The van der Waals surface area contributed by atoms with E-state index >= 15 is 0 Å². The van der Waals surface area contributed by atoms with E-state index in [4.69, 9.17) is 4.74 Å². The van der Waals surface area contributed by atoms with E-state index in [1.807, 2.05) is 0 Å². The van der Waals surface area contributed by atoms with Crippen molar-refractivity contribution in [3.63, 3.8) is 0 Å². The minimum absolute atomic E-state index is 0.0563. The Balaban J connectivity index is 1.88. The number of ketones is 1. The number of aromatic hydroxyl groups is 2. The average Bonchev–Trinajstić information content (AvgIpc) is 3.01.